The maximum Gasteiger partial charge on any atom is 0.338 e. The first-order valence-electron chi connectivity index (χ1n) is 12.3. The van der Waals surface area contributed by atoms with E-state index in [9.17, 15) is 9.59 Å². The van der Waals surface area contributed by atoms with Crippen molar-refractivity contribution in [1.82, 2.24) is 4.57 Å². The van der Waals surface area contributed by atoms with Crippen molar-refractivity contribution in [2.24, 2.45) is 4.99 Å². The van der Waals surface area contributed by atoms with Crippen molar-refractivity contribution < 1.29 is 14.3 Å². The molecule has 0 unspecified atom stereocenters. The first-order valence-corrected chi connectivity index (χ1v) is 13.8. The van der Waals surface area contributed by atoms with Crippen LogP contribution in [0.3, 0.4) is 0 Å². The van der Waals surface area contributed by atoms with E-state index >= 15 is 0 Å². The van der Waals surface area contributed by atoms with E-state index in [0.29, 0.717) is 48.6 Å². The number of carbonyl (C=O) groups excluding carboxylic acids is 1. The van der Waals surface area contributed by atoms with Crippen molar-refractivity contribution >= 4 is 46.6 Å². The van der Waals surface area contributed by atoms with Gasteiger partial charge < -0.3 is 9.47 Å². The number of hydrogen-bond donors (Lipinski definition) is 0. The summed E-state index contributed by atoms with van der Waals surface area (Å²) in [4.78, 5) is 32.0. The number of esters is 1. The van der Waals surface area contributed by atoms with Gasteiger partial charge >= 0.3 is 5.97 Å². The highest BCUT2D eigenvalue weighted by molar-refractivity contribution is 7.07. The van der Waals surface area contributed by atoms with Gasteiger partial charge in [0, 0.05) is 15.6 Å². The largest absolute Gasteiger partial charge is 0.488 e. The number of aromatic nitrogens is 1. The van der Waals surface area contributed by atoms with Crippen LogP contribution in [0.4, 0.5) is 0 Å². The lowest BCUT2D eigenvalue weighted by molar-refractivity contribution is -0.139. The fraction of sp³-hybridized carbons (Fsp3) is 0.167. The van der Waals surface area contributed by atoms with Crippen molar-refractivity contribution in [3.05, 3.63) is 130 Å². The highest BCUT2D eigenvalue weighted by Gasteiger charge is 2.33. The second-order valence-corrected chi connectivity index (χ2v) is 10.7. The molecule has 5 rings (SSSR count). The minimum atomic E-state index is -0.665. The van der Waals surface area contributed by atoms with Crippen LogP contribution in [0.25, 0.3) is 6.08 Å². The van der Waals surface area contributed by atoms with E-state index in [0.717, 1.165) is 11.1 Å². The van der Waals surface area contributed by atoms with Crippen molar-refractivity contribution in [1.29, 1.82) is 0 Å². The number of halogens is 2. The molecule has 0 radical (unpaired) electrons. The van der Waals surface area contributed by atoms with Gasteiger partial charge in [0.1, 0.15) is 12.4 Å². The molecule has 1 atom stereocenters. The molecule has 0 saturated carbocycles. The summed E-state index contributed by atoms with van der Waals surface area (Å²) < 4.78 is 13.4. The lowest BCUT2D eigenvalue weighted by Gasteiger charge is -2.24. The van der Waals surface area contributed by atoms with Crippen LogP contribution in [0.15, 0.2) is 93.9 Å². The van der Waals surface area contributed by atoms with Gasteiger partial charge in [-0.25, -0.2) is 9.79 Å². The second kappa shape index (κ2) is 11.6. The molecule has 39 heavy (non-hydrogen) atoms. The van der Waals surface area contributed by atoms with E-state index < -0.39 is 12.0 Å². The van der Waals surface area contributed by atoms with Gasteiger partial charge in [0.15, 0.2) is 4.80 Å². The minimum Gasteiger partial charge on any atom is -0.488 e. The van der Waals surface area contributed by atoms with Crippen LogP contribution >= 0.6 is 34.5 Å². The topological polar surface area (TPSA) is 69.9 Å². The predicted octanol–water partition coefficient (Wildman–Crippen LogP) is 5.68. The number of hydrogen-bond acceptors (Lipinski definition) is 6. The lowest BCUT2D eigenvalue weighted by Crippen LogP contribution is -2.39. The molecule has 9 heteroatoms. The molecule has 0 bridgehead atoms. The number of nitrogens with zero attached hydrogens (tertiary/aromatic N) is 2. The molecule has 2 heterocycles. The SMILES string of the molecule is CCOC(=O)C1=C(C)N=c2s/c(=C\c3cc(Cl)ccc3OCc3cccc(Cl)c3)c(=O)n2[C@@H]1c1ccccc1. The van der Waals surface area contributed by atoms with Crippen molar-refractivity contribution in [2.75, 3.05) is 6.61 Å². The zero-order valence-electron chi connectivity index (χ0n) is 21.2. The molecule has 0 N–H and O–H groups in total. The Labute approximate surface area is 239 Å². The van der Waals surface area contributed by atoms with E-state index in [1.165, 1.54) is 11.3 Å². The Kier molecular flexibility index (Phi) is 8.02. The molecular formula is C30H24Cl2N2O4S. The third-order valence-electron chi connectivity index (χ3n) is 6.17. The average molecular weight is 580 g/mol. The van der Waals surface area contributed by atoms with Crippen LogP contribution in [0.2, 0.25) is 10.0 Å². The first-order chi connectivity index (χ1) is 18.9. The molecule has 198 valence electrons. The Bertz CT molecular complexity index is 1760. The third-order valence-corrected chi connectivity index (χ3v) is 7.63. The zero-order valence-corrected chi connectivity index (χ0v) is 23.5. The van der Waals surface area contributed by atoms with Crippen molar-refractivity contribution in [3.63, 3.8) is 0 Å². The van der Waals surface area contributed by atoms with E-state index in [2.05, 4.69) is 4.99 Å². The maximum absolute atomic E-state index is 13.9. The number of thiazole rings is 1. The molecule has 1 aliphatic rings. The number of benzene rings is 3. The monoisotopic (exact) mass is 578 g/mol. The summed E-state index contributed by atoms with van der Waals surface area (Å²) in [5.41, 5.74) is 2.93. The van der Waals surface area contributed by atoms with Crippen LogP contribution in [-0.4, -0.2) is 17.1 Å². The summed E-state index contributed by atoms with van der Waals surface area (Å²) in [6.45, 7) is 4.02. The van der Waals surface area contributed by atoms with E-state index in [1.807, 2.05) is 48.5 Å². The summed E-state index contributed by atoms with van der Waals surface area (Å²) in [5.74, 6) is 0.0710. The molecule has 0 amide bonds. The Balaban J connectivity index is 1.61. The van der Waals surface area contributed by atoms with Crippen LogP contribution < -0.4 is 19.6 Å². The van der Waals surface area contributed by atoms with Gasteiger partial charge in [-0.1, -0.05) is 77.0 Å². The van der Waals surface area contributed by atoms with Crippen LogP contribution in [0.5, 0.6) is 5.75 Å². The molecule has 3 aromatic carbocycles. The smallest absolute Gasteiger partial charge is 0.338 e. The standard InChI is InChI=1S/C30H24Cl2N2O4S/c1-3-37-29(36)26-18(2)33-30-34(27(26)20-9-5-4-6-10-20)28(35)25(39-30)16-21-15-23(32)12-13-24(21)38-17-19-8-7-11-22(31)14-19/h4-16,27H,3,17H2,1-2H3/b25-16-/t27-/m1/s1. The van der Waals surface area contributed by atoms with Crippen molar-refractivity contribution in [2.45, 2.75) is 26.5 Å². The van der Waals surface area contributed by atoms with Gasteiger partial charge in [0.25, 0.3) is 5.56 Å². The molecule has 0 aliphatic carbocycles. The van der Waals surface area contributed by atoms with Gasteiger partial charge in [-0.05, 0) is 61.4 Å². The van der Waals surface area contributed by atoms with Gasteiger partial charge in [-0.2, -0.15) is 0 Å². The molecule has 0 saturated heterocycles. The first kappa shape index (κ1) is 26.9. The summed E-state index contributed by atoms with van der Waals surface area (Å²) in [6.07, 6.45) is 1.74. The maximum atomic E-state index is 13.9. The van der Waals surface area contributed by atoms with Gasteiger partial charge in [0.05, 0.1) is 28.5 Å². The minimum absolute atomic E-state index is 0.217. The summed E-state index contributed by atoms with van der Waals surface area (Å²) in [7, 11) is 0. The van der Waals surface area contributed by atoms with Crippen LogP contribution in [0, 0.1) is 0 Å². The van der Waals surface area contributed by atoms with E-state index in [-0.39, 0.29) is 12.2 Å². The Morgan fingerprint density at radius 2 is 1.82 bits per heavy atom. The lowest BCUT2D eigenvalue weighted by atomic mass is 9.96. The highest BCUT2D eigenvalue weighted by Crippen LogP contribution is 2.31. The van der Waals surface area contributed by atoms with E-state index in [4.69, 9.17) is 32.7 Å². The number of rotatable bonds is 7. The zero-order chi connectivity index (χ0) is 27.5. The molecule has 0 fully saturated rings. The summed E-state index contributed by atoms with van der Waals surface area (Å²) in [6, 6.07) is 21.4. The molecule has 1 aliphatic heterocycles. The Morgan fingerprint density at radius 3 is 2.56 bits per heavy atom. The molecule has 6 nitrogen and oxygen atoms in total. The molecule has 4 aromatic rings. The summed E-state index contributed by atoms with van der Waals surface area (Å²) >= 11 is 13.7. The normalized spacial score (nSPS) is 15.1. The van der Waals surface area contributed by atoms with Crippen LogP contribution in [0.1, 0.15) is 36.6 Å². The van der Waals surface area contributed by atoms with Gasteiger partial charge in [-0.3, -0.25) is 9.36 Å². The van der Waals surface area contributed by atoms with Crippen LogP contribution in [-0.2, 0) is 16.1 Å². The molecule has 1 aromatic heterocycles. The number of allylic oxidation sites excluding steroid dienone is 1. The molecule has 0 spiro atoms. The quantitative estimate of drug-likeness (QED) is 0.264. The third kappa shape index (κ3) is 5.71. The van der Waals surface area contributed by atoms with E-state index in [1.54, 1.807) is 48.8 Å². The number of carbonyl (C=O) groups is 1. The average Bonchev–Trinajstić information content (AvgIpc) is 3.22. The Hall–Kier alpha value is -3.65. The molecular weight excluding hydrogens is 555 g/mol. The number of fused-ring (bicyclic) bond motifs is 1. The highest BCUT2D eigenvalue weighted by atomic mass is 35.5. The summed E-state index contributed by atoms with van der Waals surface area (Å²) in [5, 5.41) is 1.13. The van der Waals surface area contributed by atoms with Crippen molar-refractivity contribution in [3.8, 4) is 5.75 Å². The van der Waals surface area contributed by atoms with Gasteiger partial charge in [-0.15, -0.1) is 0 Å². The Morgan fingerprint density at radius 1 is 1.05 bits per heavy atom. The predicted molar refractivity (Wildman–Crippen MR) is 154 cm³/mol. The van der Waals surface area contributed by atoms with Gasteiger partial charge in [0.2, 0.25) is 0 Å². The fourth-order valence-corrected chi connectivity index (χ4v) is 5.87. The second-order valence-electron chi connectivity index (χ2n) is 8.81. The number of ether oxygens (including phenoxy) is 2. The fourth-order valence-electron chi connectivity index (χ4n) is 4.43.